The van der Waals surface area contributed by atoms with Gasteiger partial charge in [0.15, 0.2) is 0 Å². The van der Waals surface area contributed by atoms with Crippen LogP contribution in [0.3, 0.4) is 0 Å². The molecule has 2 amide bonds. The van der Waals surface area contributed by atoms with Crippen LogP contribution < -0.4 is 5.32 Å². The Kier molecular flexibility index (Phi) is 5.12. The highest BCUT2D eigenvalue weighted by Gasteiger charge is 2.49. The molecule has 120 valence electrons. The van der Waals surface area contributed by atoms with E-state index in [1.165, 1.54) is 0 Å². The third-order valence-electron chi connectivity index (χ3n) is 4.20. The number of anilines is 1. The van der Waals surface area contributed by atoms with Crippen LogP contribution in [0.5, 0.6) is 0 Å². The van der Waals surface area contributed by atoms with Crippen LogP contribution in [0.1, 0.15) is 31.4 Å². The standard InChI is InChI=1S/C17H23ClN2O2/c1-5-20(6-2)17(22)13-9-12(13)16(21)19-15-11(4)7-10(3)8-14(15)18/h7-8,12-13H,5-6,9H2,1-4H3,(H,19,21). The molecule has 0 aromatic heterocycles. The number of halogens is 1. The average molecular weight is 323 g/mol. The first-order chi connectivity index (χ1) is 10.4. The summed E-state index contributed by atoms with van der Waals surface area (Å²) in [6.07, 6.45) is 0.629. The van der Waals surface area contributed by atoms with E-state index >= 15 is 0 Å². The maximum atomic E-state index is 12.3. The van der Waals surface area contributed by atoms with Crippen molar-refractivity contribution in [1.29, 1.82) is 0 Å². The van der Waals surface area contributed by atoms with Gasteiger partial charge in [-0.1, -0.05) is 17.7 Å². The van der Waals surface area contributed by atoms with Gasteiger partial charge in [0.2, 0.25) is 11.8 Å². The van der Waals surface area contributed by atoms with E-state index < -0.39 is 0 Å². The third kappa shape index (κ3) is 3.43. The fourth-order valence-electron chi connectivity index (χ4n) is 2.82. The highest BCUT2D eigenvalue weighted by Crippen LogP contribution is 2.41. The Bertz CT molecular complexity index is 573. The predicted molar refractivity (Wildman–Crippen MR) is 89.1 cm³/mol. The van der Waals surface area contributed by atoms with Crippen LogP contribution in [-0.4, -0.2) is 29.8 Å². The molecule has 0 heterocycles. The molecule has 0 radical (unpaired) electrons. The molecule has 0 spiro atoms. The van der Waals surface area contributed by atoms with Gasteiger partial charge in [-0.25, -0.2) is 0 Å². The van der Waals surface area contributed by atoms with Crippen LogP contribution in [0, 0.1) is 25.7 Å². The molecule has 2 unspecified atom stereocenters. The molecular weight excluding hydrogens is 300 g/mol. The lowest BCUT2D eigenvalue weighted by Crippen LogP contribution is -2.33. The van der Waals surface area contributed by atoms with Crippen molar-refractivity contribution in [3.63, 3.8) is 0 Å². The molecule has 0 aliphatic heterocycles. The number of carbonyl (C=O) groups excluding carboxylic acids is 2. The van der Waals surface area contributed by atoms with E-state index in [0.717, 1.165) is 11.1 Å². The largest absolute Gasteiger partial charge is 0.343 e. The monoisotopic (exact) mass is 322 g/mol. The second kappa shape index (κ2) is 6.69. The summed E-state index contributed by atoms with van der Waals surface area (Å²) < 4.78 is 0. The van der Waals surface area contributed by atoms with Gasteiger partial charge >= 0.3 is 0 Å². The number of hydrogen-bond acceptors (Lipinski definition) is 2. The van der Waals surface area contributed by atoms with Crippen LogP contribution in [0.25, 0.3) is 0 Å². The first kappa shape index (κ1) is 16.8. The van der Waals surface area contributed by atoms with E-state index in [-0.39, 0.29) is 23.7 Å². The number of benzene rings is 1. The number of nitrogens with one attached hydrogen (secondary N) is 1. The highest BCUT2D eigenvalue weighted by molar-refractivity contribution is 6.34. The number of carbonyl (C=O) groups is 2. The van der Waals surface area contributed by atoms with Gasteiger partial charge in [-0.05, 0) is 51.3 Å². The van der Waals surface area contributed by atoms with E-state index in [2.05, 4.69) is 5.32 Å². The van der Waals surface area contributed by atoms with Gasteiger partial charge in [-0.3, -0.25) is 9.59 Å². The first-order valence-electron chi connectivity index (χ1n) is 7.75. The topological polar surface area (TPSA) is 49.4 Å². The van der Waals surface area contributed by atoms with Crippen molar-refractivity contribution in [2.75, 3.05) is 18.4 Å². The summed E-state index contributed by atoms with van der Waals surface area (Å²) in [6.45, 7) is 9.15. The molecule has 1 aliphatic carbocycles. The zero-order chi connectivity index (χ0) is 16.4. The zero-order valence-corrected chi connectivity index (χ0v) is 14.3. The van der Waals surface area contributed by atoms with Gasteiger partial charge in [-0.2, -0.15) is 0 Å². The van der Waals surface area contributed by atoms with Crippen LogP contribution in [0.15, 0.2) is 12.1 Å². The lowest BCUT2D eigenvalue weighted by atomic mass is 10.1. The van der Waals surface area contributed by atoms with Crippen molar-refractivity contribution in [3.8, 4) is 0 Å². The smallest absolute Gasteiger partial charge is 0.228 e. The van der Waals surface area contributed by atoms with Crippen LogP contribution in [0.4, 0.5) is 5.69 Å². The molecule has 1 aromatic carbocycles. The zero-order valence-electron chi connectivity index (χ0n) is 13.6. The Labute approximate surface area is 136 Å². The maximum Gasteiger partial charge on any atom is 0.228 e. The van der Waals surface area contributed by atoms with Crippen molar-refractivity contribution in [3.05, 3.63) is 28.3 Å². The lowest BCUT2D eigenvalue weighted by Gasteiger charge is -2.18. The van der Waals surface area contributed by atoms with Crippen molar-refractivity contribution in [2.45, 2.75) is 34.1 Å². The molecule has 5 heteroatoms. The molecule has 1 aliphatic rings. The predicted octanol–water partition coefficient (Wildman–Crippen LogP) is 3.40. The summed E-state index contributed by atoms with van der Waals surface area (Å²) in [5, 5.41) is 3.43. The Morgan fingerprint density at radius 2 is 1.86 bits per heavy atom. The Morgan fingerprint density at radius 1 is 1.23 bits per heavy atom. The molecule has 1 N–H and O–H groups in total. The summed E-state index contributed by atoms with van der Waals surface area (Å²) in [6, 6.07) is 3.81. The van der Waals surface area contributed by atoms with Gasteiger partial charge in [-0.15, -0.1) is 0 Å². The quantitative estimate of drug-likeness (QED) is 0.903. The summed E-state index contributed by atoms with van der Waals surface area (Å²) in [7, 11) is 0. The molecule has 0 bridgehead atoms. The molecule has 2 atom stereocenters. The molecular formula is C17H23ClN2O2. The van der Waals surface area contributed by atoms with E-state index in [0.29, 0.717) is 30.2 Å². The van der Waals surface area contributed by atoms with Gasteiger partial charge in [0.1, 0.15) is 0 Å². The molecule has 2 rings (SSSR count). The number of nitrogens with zero attached hydrogens (tertiary/aromatic N) is 1. The number of hydrogen-bond donors (Lipinski definition) is 1. The Balaban J connectivity index is 2.02. The van der Waals surface area contributed by atoms with Crippen LogP contribution in [-0.2, 0) is 9.59 Å². The van der Waals surface area contributed by atoms with Crippen LogP contribution in [0.2, 0.25) is 5.02 Å². The number of aryl methyl sites for hydroxylation is 2. The van der Waals surface area contributed by atoms with Gasteiger partial charge in [0.05, 0.1) is 22.5 Å². The SMILES string of the molecule is CCN(CC)C(=O)C1CC1C(=O)Nc1c(C)cc(C)cc1Cl. The second-order valence-electron chi connectivity index (χ2n) is 5.89. The number of amides is 2. The summed E-state index contributed by atoms with van der Waals surface area (Å²) in [4.78, 5) is 26.4. The highest BCUT2D eigenvalue weighted by atomic mass is 35.5. The Hall–Kier alpha value is -1.55. The molecule has 1 fully saturated rings. The van der Waals surface area contributed by atoms with Crippen molar-refractivity contribution < 1.29 is 9.59 Å². The van der Waals surface area contributed by atoms with Gasteiger partial charge in [0, 0.05) is 13.1 Å². The second-order valence-corrected chi connectivity index (χ2v) is 6.29. The molecule has 22 heavy (non-hydrogen) atoms. The van der Waals surface area contributed by atoms with Gasteiger partial charge in [0.25, 0.3) is 0 Å². The molecule has 1 aromatic rings. The summed E-state index contributed by atoms with van der Waals surface area (Å²) >= 11 is 6.21. The van der Waals surface area contributed by atoms with Crippen molar-refractivity contribution in [2.24, 2.45) is 11.8 Å². The molecule has 4 nitrogen and oxygen atoms in total. The van der Waals surface area contributed by atoms with Crippen molar-refractivity contribution in [1.82, 2.24) is 4.90 Å². The molecule has 0 saturated heterocycles. The average Bonchev–Trinajstić information content (AvgIpc) is 3.24. The van der Waals surface area contributed by atoms with E-state index in [9.17, 15) is 9.59 Å². The summed E-state index contributed by atoms with van der Waals surface area (Å²) in [5.41, 5.74) is 2.64. The maximum absolute atomic E-state index is 12.3. The number of rotatable bonds is 5. The normalized spacial score (nSPS) is 19.7. The van der Waals surface area contributed by atoms with Crippen molar-refractivity contribution >= 4 is 29.1 Å². The van der Waals surface area contributed by atoms with E-state index in [1.54, 1.807) is 4.90 Å². The lowest BCUT2D eigenvalue weighted by molar-refractivity contribution is -0.133. The fourth-order valence-corrected chi connectivity index (χ4v) is 3.19. The minimum absolute atomic E-state index is 0.0804. The first-order valence-corrected chi connectivity index (χ1v) is 8.13. The van der Waals surface area contributed by atoms with Gasteiger partial charge < -0.3 is 10.2 Å². The minimum atomic E-state index is -0.232. The van der Waals surface area contributed by atoms with E-state index in [1.807, 2.05) is 39.8 Å². The Morgan fingerprint density at radius 3 is 2.41 bits per heavy atom. The third-order valence-corrected chi connectivity index (χ3v) is 4.50. The van der Waals surface area contributed by atoms with Crippen LogP contribution >= 0.6 is 11.6 Å². The minimum Gasteiger partial charge on any atom is -0.343 e. The fraction of sp³-hybridized carbons (Fsp3) is 0.529. The summed E-state index contributed by atoms with van der Waals surface area (Å²) in [5.74, 6) is -0.439. The molecule has 1 saturated carbocycles. The van der Waals surface area contributed by atoms with E-state index in [4.69, 9.17) is 11.6 Å².